The monoisotopic (exact) mass is 406 g/mol. The molecule has 0 atom stereocenters. The molecule has 2 aromatic heterocycles. The summed E-state index contributed by atoms with van der Waals surface area (Å²) in [6.45, 7) is 3.58. The van der Waals surface area contributed by atoms with Crippen LogP contribution in [0.5, 0.6) is 0 Å². The van der Waals surface area contributed by atoms with Crippen LogP contribution in [0.25, 0.3) is 0 Å². The summed E-state index contributed by atoms with van der Waals surface area (Å²) in [5.41, 5.74) is 11.9. The number of thioether (sulfide) groups is 1. The van der Waals surface area contributed by atoms with Crippen LogP contribution < -0.4 is 16.8 Å². The number of nitrogens with one attached hydrogen (secondary N) is 1. The van der Waals surface area contributed by atoms with E-state index in [9.17, 15) is 14.9 Å². The molecule has 9 nitrogen and oxygen atoms in total. The molecule has 1 amide bonds. The molecule has 2 aromatic rings. The van der Waals surface area contributed by atoms with Crippen molar-refractivity contribution in [3.63, 3.8) is 0 Å². The first-order chi connectivity index (χ1) is 12.8. The molecule has 0 aliphatic rings. The predicted octanol–water partition coefficient (Wildman–Crippen LogP) is 2.18. The van der Waals surface area contributed by atoms with Gasteiger partial charge in [0, 0.05) is 18.2 Å². The summed E-state index contributed by atoms with van der Waals surface area (Å²) in [7, 11) is 0. The van der Waals surface area contributed by atoms with Crippen molar-refractivity contribution in [2.75, 3.05) is 29.1 Å². The number of carbonyl (C=O) groups excluding carboxylic acids is 2. The maximum absolute atomic E-state index is 12.2. The molecule has 0 saturated heterocycles. The zero-order chi connectivity index (χ0) is 20.0. The van der Waals surface area contributed by atoms with Crippen LogP contribution in [0.15, 0.2) is 11.2 Å². The zero-order valence-electron chi connectivity index (χ0n) is 14.7. The minimum Gasteiger partial charge on any atom is -0.462 e. The Balaban J connectivity index is 2.00. The quantitative estimate of drug-likeness (QED) is 0.356. The number of nitrogens with zero attached hydrogens (tertiary/aromatic N) is 3. The van der Waals surface area contributed by atoms with E-state index < -0.39 is 5.97 Å². The van der Waals surface area contributed by atoms with E-state index in [1.54, 1.807) is 13.8 Å². The number of nitrogen functional groups attached to an aromatic ring is 2. The van der Waals surface area contributed by atoms with Gasteiger partial charge in [0.1, 0.15) is 27.6 Å². The largest absolute Gasteiger partial charge is 0.462 e. The lowest BCUT2D eigenvalue weighted by Crippen LogP contribution is -2.12. The molecule has 0 unspecified atom stereocenters. The van der Waals surface area contributed by atoms with Gasteiger partial charge in [-0.3, -0.25) is 4.79 Å². The Hall–Kier alpha value is -2.84. The second-order valence-corrected chi connectivity index (χ2v) is 7.32. The maximum Gasteiger partial charge on any atom is 0.348 e. The number of aromatic nitrogens is 2. The Bertz CT molecular complexity index is 886. The first-order valence-corrected chi connectivity index (χ1v) is 9.69. The van der Waals surface area contributed by atoms with E-state index in [0.717, 1.165) is 11.3 Å². The molecule has 11 heteroatoms. The molecule has 0 fully saturated rings. The molecule has 5 N–H and O–H groups in total. The van der Waals surface area contributed by atoms with Gasteiger partial charge in [-0.2, -0.15) is 5.26 Å². The first kappa shape index (κ1) is 20.5. The minimum absolute atomic E-state index is 0.152. The van der Waals surface area contributed by atoms with E-state index in [2.05, 4.69) is 15.3 Å². The molecule has 2 heterocycles. The van der Waals surface area contributed by atoms with Gasteiger partial charge in [0.2, 0.25) is 5.91 Å². The molecule has 142 valence electrons. The summed E-state index contributed by atoms with van der Waals surface area (Å²) >= 11 is 2.27. The fraction of sp³-hybridized carbons (Fsp3) is 0.312. The Morgan fingerprint density at radius 2 is 2.04 bits per heavy atom. The molecule has 2 rings (SSSR count). The van der Waals surface area contributed by atoms with Crippen molar-refractivity contribution >= 4 is 51.6 Å². The van der Waals surface area contributed by atoms with E-state index in [1.165, 1.54) is 17.8 Å². The number of hydrogen-bond acceptors (Lipinski definition) is 10. The van der Waals surface area contributed by atoms with Crippen LogP contribution in [0.1, 0.15) is 34.1 Å². The van der Waals surface area contributed by atoms with Crippen LogP contribution in [0.4, 0.5) is 16.6 Å². The number of carbonyl (C=O) groups is 2. The minimum atomic E-state index is -0.510. The number of anilines is 3. The van der Waals surface area contributed by atoms with Crippen LogP contribution in [-0.4, -0.2) is 34.2 Å². The highest BCUT2D eigenvalue weighted by molar-refractivity contribution is 7.99. The molecule has 0 radical (unpaired) electrons. The van der Waals surface area contributed by atoms with Gasteiger partial charge in [0.15, 0.2) is 5.16 Å². The number of ether oxygens (including phenoxy) is 1. The molecule has 0 spiro atoms. The number of esters is 1. The van der Waals surface area contributed by atoms with Crippen molar-refractivity contribution in [3.05, 3.63) is 22.1 Å². The highest BCUT2D eigenvalue weighted by atomic mass is 32.2. The number of hydrogen-bond donors (Lipinski definition) is 3. The zero-order valence-corrected chi connectivity index (χ0v) is 16.4. The molecule has 0 aromatic carbocycles. The number of thiophene rings is 1. The number of nitrogens with two attached hydrogens (primary N) is 2. The van der Waals surface area contributed by atoms with Gasteiger partial charge in [-0.05, 0) is 19.4 Å². The summed E-state index contributed by atoms with van der Waals surface area (Å²) in [4.78, 5) is 32.5. The Kier molecular flexibility index (Phi) is 6.98. The molecule has 0 saturated carbocycles. The lowest BCUT2D eigenvalue weighted by Gasteiger charge is -2.04. The molecule has 0 aliphatic carbocycles. The van der Waals surface area contributed by atoms with Gasteiger partial charge in [0.25, 0.3) is 0 Å². The van der Waals surface area contributed by atoms with E-state index in [0.29, 0.717) is 26.4 Å². The third kappa shape index (κ3) is 5.32. The van der Waals surface area contributed by atoms with Crippen LogP contribution in [0, 0.1) is 18.3 Å². The lowest BCUT2D eigenvalue weighted by atomic mass is 10.2. The Labute approximate surface area is 164 Å². The highest BCUT2D eigenvalue weighted by Crippen LogP contribution is 2.33. The molecule has 0 bridgehead atoms. The topological polar surface area (TPSA) is 157 Å². The summed E-state index contributed by atoms with van der Waals surface area (Å²) in [6.07, 6.45) is 0.152. The fourth-order valence-electron chi connectivity index (χ4n) is 2.08. The average molecular weight is 406 g/mol. The molecular weight excluding hydrogens is 388 g/mol. The van der Waals surface area contributed by atoms with Crippen molar-refractivity contribution in [2.45, 2.75) is 25.4 Å². The number of rotatable bonds is 7. The summed E-state index contributed by atoms with van der Waals surface area (Å²) in [6, 6.07) is 3.46. The standard InChI is InChI=1S/C16H18N6O3S2/c1-3-25-15(24)13-8(2)9(7-17)14(27-13)22-12(23)4-5-26-16-20-10(18)6-11(19)21-16/h6H,3-5H2,1-2H3,(H,22,23)(H4,18,19,20,21). The average Bonchev–Trinajstić information content (AvgIpc) is 2.89. The van der Waals surface area contributed by atoms with Gasteiger partial charge in [-0.15, -0.1) is 11.3 Å². The normalized spacial score (nSPS) is 10.3. The maximum atomic E-state index is 12.2. The number of nitriles is 1. The van der Waals surface area contributed by atoms with Crippen molar-refractivity contribution in [1.29, 1.82) is 5.26 Å². The van der Waals surface area contributed by atoms with E-state index in [1.807, 2.05) is 6.07 Å². The third-order valence-electron chi connectivity index (χ3n) is 3.28. The molecular formula is C16H18N6O3S2. The first-order valence-electron chi connectivity index (χ1n) is 7.89. The Morgan fingerprint density at radius 3 is 2.63 bits per heavy atom. The van der Waals surface area contributed by atoms with Crippen LogP contribution in [0.3, 0.4) is 0 Å². The van der Waals surface area contributed by atoms with E-state index in [4.69, 9.17) is 16.2 Å². The third-order valence-corrected chi connectivity index (χ3v) is 5.31. The van der Waals surface area contributed by atoms with Crippen molar-refractivity contribution < 1.29 is 14.3 Å². The van der Waals surface area contributed by atoms with Gasteiger partial charge in [-0.1, -0.05) is 11.8 Å². The second kappa shape index (κ2) is 9.20. The SMILES string of the molecule is CCOC(=O)c1sc(NC(=O)CCSc2nc(N)cc(N)n2)c(C#N)c1C. The predicted molar refractivity (Wildman–Crippen MR) is 105 cm³/mol. The van der Waals surface area contributed by atoms with Crippen molar-refractivity contribution in [1.82, 2.24) is 9.97 Å². The number of amides is 1. The van der Waals surface area contributed by atoms with Crippen LogP contribution in [-0.2, 0) is 9.53 Å². The Morgan fingerprint density at radius 1 is 1.37 bits per heavy atom. The summed E-state index contributed by atoms with van der Waals surface area (Å²) < 4.78 is 4.97. The van der Waals surface area contributed by atoms with Gasteiger partial charge in [0.05, 0.1) is 12.2 Å². The molecule has 0 aliphatic heterocycles. The lowest BCUT2D eigenvalue weighted by molar-refractivity contribution is -0.115. The van der Waals surface area contributed by atoms with E-state index >= 15 is 0 Å². The van der Waals surface area contributed by atoms with Crippen molar-refractivity contribution in [3.8, 4) is 6.07 Å². The van der Waals surface area contributed by atoms with Crippen LogP contribution >= 0.6 is 23.1 Å². The van der Waals surface area contributed by atoms with Gasteiger partial charge >= 0.3 is 5.97 Å². The van der Waals surface area contributed by atoms with Crippen molar-refractivity contribution in [2.24, 2.45) is 0 Å². The van der Waals surface area contributed by atoms with E-state index in [-0.39, 0.29) is 36.1 Å². The second-order valence-electron chi connectivity index (χ2n) is 5.24. The fourth-order valence-corrected chi connectivity index (χ4v) is 3.96. The summed E-state index contributed by atoms with van der Waals surface area (Å²) in [5.74, 6) is 0.102. The molecule has 27 heavy (non-hydrogen) atoms. The smallest absolute Gasteiger partial charge is 0.348 e. The van der Waals surface area contributed by atoms with Crippen LogP contribution in [0.2, 0.25) is 0 Å². The van der Waals surface area contributed by atoms with Gasteiger partial charge < -0.3 is 21.5 Å². The summed E-state index contributed by atoms with van der Waals surface area (Å²) in [5, 5.41) is 12.7. The highest BCUT2D eigenvalue weighted by Gasteiger charge is 2.22. The van der Waals surface area contributed by atoms with Gasteiger partial charge in [-0.25, -0.2) is 14.8 Å².